The van der Waals surface area contributed by atoms with E-state index in [1.807, 2.05) is 6.07 Å². The lowest BCUT2D eigenvalue weighted by molar-refractivity contribution is 0.157. The lowest BCUT2D eigenvalue weighted by Crippen LogP contribution is -2.39. The van der Waals surface area contributed by atoms with Gasteiger partial charge in [-0.3, -0.25) is 4.90 Å². The van der Waals surface area contributed by atoms with Gasteiger partial charge in [0.1, 0.15) is 0 Å². The Bertz CT molecular complexity index is 681. The lowest BCUT2D eigenvalue weighted by atomic mass is 9.83. The molecule has 2 aliphatic rings. The molecule has 0 amide bonds. The SMILES string of the molecule is Oc1ccc2c(c1O)C1Cc3ccccc3CN1CC2. The highest BCUT2D eigenvalue weighted by atomic mass is 16.3. The van der Waals surface area contributed by atoms with Crippen LogP contribution in [0.2, 0.25) is 0 Å². The number of hydrogen-bond acceptors (Lipinski definition) is 3. The highest BCUT2D eigenvalue weighted by molar-refractivity contribution is 5.52. The van der Waals surface area contributed by atoms with Crippen molar-refractivity contribution in [2.45, 2.75) is 25.4 Å². The van der Waals surface area contributed by atoms with Gasteiger partial charge in [0.15, 0.2) is 11.5 Å². The summed E-state index contributed by atoms with van der Waals surface area (Å²) < 4.78 is 0. The smallest absolute Gasteiger partial charge is 0.162 e. The number of nitrogens with zero attached hydrogens (tertiary/aromatic N) is 1. The first-order chi connectivity index (χ1) is 9.74. The van der Waals surface area contributed by atoms with Crippen LogP contribution in [0, 0.1) is 0 Å². The fourth-order valence-corrected chi connectivity index (χ4v) is 3.59. The molecule has 1 unspecified atom stereocenters. The molecule has 2 N–H and O–H groups in total. The van der Waals surface area contributed by atoms with Crippen LogP contribution in [-0.4, -0.2) is 21.7 Å². The van der Waals surface area contributed by atoms with Gasteiger partial charge in [0, 0.05) is 24.7 Å². The molecular weight excluding hydrogens is 250 g/mol. The number of benzene rings is 2. The van der Waals surface area contributed by atoms with Gasteiger partial charge in [0.05, 0.1) is 0 Å². The van der Waals surface area contributed by atoms with Gasteiger partial charge in [-0.2, -0.15) is 0 Å². The van der Waals surface area contributed by atoms with Gasteiger partial charge >= 0.3 is 0 Å². The Morgan fingerprint density at radius 1 is 0.950 bits per heavy atom. The van der Waals surface area contributed by atoms with E-state index in [2.05, 4.69) is 29.2 Å². The largest absolute Gasteiger partial charge is 0.504 e. The first kappa shape index (κ1) is 11.8. The van der Waals surface area contributed by atoms with Gasteiger partial charge in [-0.15, -0.1) is 0 Å². The van der Waals surface area contributed by atoms with E-state index in [-0.39, 0.29) is 17.5 Å². The monoisotopic (exact) mass is 267 g/mol. The summed E-state index contributed by atoms with van der Waals surface area (Å²) in [5.74, 6) is 0.0565. The molecule has 0 saturated heterocycles. The summed E-state index contributed by atoms with van der Waals surface area (Å²) in [6.45, 7) is 1.94. The third-order valence-electron chi connectivity index (χ3n) is 4.63. The Labute approximate surface area is 118 Å². The number of aromatic hydroxyl groups is 2. The van der Waals surface area contributed by atoms with E-state index < -0.39 is 0 Å². The molecule has 2 aromatic rings. The predicted molar refractivity (Wildman–Crippen MR) is 76.8 cm³/mol. The second kappa shape index (κ2) is 4.25. The van der Waals surface area contributed by atoms with Crippen molar-refractivity contribution in [2.24, 2.45) is 0 Å². The van der Waals surface area contributed by atoms with Crippen LogP contribution in [0.15, 0.2) is 36.4 Å². The van der Waals surface area contributed by atoms with E-state index >= 15 is 0 Å². The van der Waals surface area contributed by atoms with Gasteiger partial charge < -0.3 is 10.2 Å². The molecule has 3 nitrogen and oxygen atoms in total. The van der Waals surface area contributed by atoms with Crippen LogP contribution >= 0.6 is 0 Å². The minimum atomic E-state index is -0.00976. The summed E-state index contributed by atoms with van der Waals surface area (Å²) in [6, 6.07) is 12.2. The average Bonchev–Trinajstić information content (AvgIpc) is 2.48. The molecule has 0 aromatic heterocycles. The van der Waals surface area contributed by atoms with Crippen LogP contribution in [-0.2, 0) is 19.4 Å². The van der Waals surface area contributed by atoms with Gasteiger partial charge in [-0.1, -0.05) is 30.3 Å². The van der Waals surface area contributed by atoms with Crippen molar-refractivity contribution in [3.05, 3.63) is 58.7 Å². The van der Waals surface area contributed by atoms with Crippen LogP contribution in [0.3, 0.4) is 0 Å². The van der Waals surface area contributed by atoms with E-state index in [0.29, 0.717) is 0 Å². The van der Waals surface area contributed by atoms with Gasteiger partial charge in [0.25, 0.3) is 0 Å². The van der Waals surface area contributed by atoms with Crippen molar-refractivity contribution < 1.29 is 10.2 Å². The standard InChI is InChI=1S/C17H17NO2/c19-15-6-5-11-7-8-18-10-13-4-2-1-3-12(13)9-14(18)16(11)17(15)20/h1-6,14,19-20H,7-10H2. The van der Waals surface area contributed by atoms with E-state index in [0.717, 1.165) is 31.5 Å². The maximum Gasteiger partial charge on any atom is 0.162 e. The van der Waals surface area contributed by atoms with Crippen molar-refractivity contribution in [3.63, 3.8) is 0 Å². The summed E-state index contributed by atoms with van der Waals surface area (Å²) in [5, 5.41) is 20.0. The normalized spacial score (nSPS) is 20.9. The van der Waals surface area contributed by atoms with Crippen molar-refractivity contribution in [1.29, 1.82) is 0 Å². The molecule has 0 fully saturated rings. The maximum atomic E-state index is 10.3. The lowest BCUT2D eigenvalue weighted by Gasteiger charge is -2.41. The molecule has 2 heterocycles. The Hall–Kier alpha value is -2.00. The summed E-state index contributed by atoms with van der Waals surface area (Å²) in [6.07, 6.45) is 1.84. The second-order valence-corrected chi connectivity index (χ2v) is 5.72. The Kier molecular flexibility index (Phi) is 2.51. The molecule has 2 aliphatic heterocycles. The molecule has 0 radical (unpaired) electrons. The van der Waals surface area contributed by atoms with Gasteiger partial charge in [0.2, 0.25) is 0 Å². The number of fused-ring (bicyclic) bond motifs is 4. The van der Waals surface area contributed by atoms with E-state index in [4.69, 9.17) is 0 Å². The average molecular weight is 267 g/mol. The quantitative estimate of drug-likeness (QED) is 0.721. The molecule has 0 bridgehead atoms. The van der Waals surface area contributed by atoms with Crippen molar-refractivity contribution >= 4 is 0 Å². The van der Waals surface area contributed by atoms with Crippen LogP contribution in [0.5, 0.6) is 11.5 Å². The second-order valence-electron chi connectivity index (χ2n) is 5.72. The fraction of sp³-hybridized carbons (Fsp3) is 0.294. The van der Waals surface area contributed by atoms with E-state index in [1.165, 1.54) is 16.7 Å². The van der Waals surface area contributed by atoms with Crippen LogP contribution in [0.25, 0.3) is 0 Å². The summed E-state index contributed by atoms with van der Waals surface area (Å²) >= 11 is 0. The van der Waals surface area contributed by atoms with Crippen molar-refractivity contribution in [2.75, 3.05) is 6.54 Å². The van der Waals surface area contributed by atoms with E-state index in [9.17, 15) is 10.2 Å². The molecule has 3 heteroatoms. The topological polar surface area (TPSA) is 43.7 Å². The van der Waals surface area contributed by atoms with Gasteiger partial charge in [-0.25, -0.2) is 0 Å². The summed E-state index contributed by atoms with van der Waals surface area (Å²) in [5.41, 5.74) is 4.82. The summed E-state index contributed by atoms with van der Waals surface area (Å²) in [4.78, 5) is 2.41. The Balaban J connectivity index is 1.83. The first-order valence-corrected chi connectivity index (χ1v) is 7.08. The first-order valence-electron chi connectivity index (χ1n) is 7.08. The molecule has 0 saturated carbocycles. The maximum absolute atomic E-state index is 10.3. The van der Waals surface area contributed by atoms with Crippen molar-refractivity contribution in [3.8, 4) is 11.5 Å². The molecular formula is C17H17NO2. The third kappa shape index (κ3) is 1.63. The van der Waals surface area contributed by atoms with Crippen molar-refractivity contribution in [1.82, 2.24) is 4.90 Å². The van der Waals surface area contributed by atoms with Crippen LogP contribution in [0.4, 0.5) is 0 Å². The Morgan fingerprint density at radius 3 is 2.60 bits per heavy atom. The van der Waals surface area contributed by atoms with Crippen LogP contribution < -0.4 is 0 Å². The Morgan fingerprint density at radius 2 is 1.75 bits per heavy atom. The third-order valence-corrected chi connectivity index (χ3v) is 4.63. The van der Waals surface area contributed by atoms with Gasteiger partial charge in [-0.05, 0) is 35.6 Å². The minimum absolute atomic E-state index is 0.00976. The minimum Gasteiger partial charge on any atom is -0.504 e. The highest BCUT2D eigenvalue weighted by Gasteiger charge is 2.34. The number of hydrogen-bond donors (Lipinski definition) is 2. The van der Waals surface area contributed by atoms with E-state index in [1.54, 1.807) is 6.07 Å². The van der Waals surface area contributed by atoms with Crippen LogP contribution in [0.1, 0.15) is 28.3 Å². The molecule has 2 aromatic carbocycles. The fourth-order valence-electron chi connectivity index (χ4n) is 3.59. The number of phenols is 2. The zero-order valence-corrected chi connectivity index (χ0v) is 11.2. The summed E-state index contributed by atoms with van der Waals surface area (Å²) in [7, 11) is 0. The zero-order valence-electron chi connectivity index (χ0n) is 11.2. The molecule has 1 atom stereocenters. The predicted octanol–water partition coefficient (Wildman–Crippen LogP) is 2.75. The molecule has 0 aliphatic carbocycles. The molecule has 102 valence electrons. The zero-order chi connectivity index (χ0) is 13.7. The molecule has 20 heavy (non-hydrogen) atoms. The molecule has 0 spiro atoms. The number of rotatable bonds is 0. The molecule has 4 rings (SSSR count). The highest BCUT2D eigenvalue weighted by Crippen LogP contribution is 2.44. The number of phenolic OH excluding ortho intramolecular Hbond substituents is 2.